The van der Waals surface area contributed by atoms with E-state index in [1.807, 2.05) is 6.92 Å². The van der Waals surface area contributed by atoms with Crippen LogP contribution in [0.2, 0.25) is 0 Å². The molecule has 0 aromatic carbocycles. The molecule has 8 nitrogen and oxygen atoms in total. The molecule has 1 amide bonds. The second kappa shape index (κ2) is 9.30. The van der Waals surface area contributed by atoms with Gasteiger partial charge >= 0.3 is 0 Å². The Kier molecular flexibility index (Phi) is 7.03. The molecule has 0 N–H and O–H groups in total. The Morgan fingerprint density at radius 2 is 2.07 bits per heavy atom. The normalized spacial score (nSPS) is 21.8. The molecule has 2 aliphatic heterocycles. The van der Waals surface area contributed by atoms with Gasteiger partial charge in [-0.2, -0.15) is 4.31 Å². The molecule has 0 saturated carbocycles. The third kappa shape index (κ3) is 5.50. The number of carbonyl (C=O) groups excluding carboxylic acids is 1. The van der Waals surface area contributed by atoms with E-state index in [2.05, 4.69) is 9.88 Å². The lowest BCUT2D eigenvalue weighted by atomic mass is 10.0. The van der Waals surface area contributed by atoms with E-state index in [1.54, 1.807) is 27.5 Å². The molecular weight excluding hydrogens is 380 g/mol. The number of pyridine rings is 1. The van der Waals surface area contributed by atoms with E-state index in [0.717, 1.165) is 31.6 Å². The van der Waals surface area contributed by atoms with E-state index in [-0.39, 0.29) is 11.9 Å². The van der Waals surface area contributed by atoms with E-state index in [1.165, 1.54) is 6.26 Å². The molecule has 2 aliphatic rings. The lowest BCUT2D eigenvalue weighted by Crippen LogP contribution is -2.53. The van der Waals surface area contributed by atoms with Gasteiger partial charge in [-0.15, -0.1) is 0 Å². The summed E-state index contributed by atoms with van der Waals surface area (Å²) in [6.45, 7) is 7.10. The van der Waals surface area contributed by atoms with Crippen molar-refractivity contribution in [1.29, 1.82) is 0 Å². The minimum Gasteiger partial charge on any atom is -0.379 e. The number of nitrogens with zero attached hydrogens (tertiary/aromatic N) is 4. The zero-order valence-corrected chi connectivity index (χ0v) is 17.5. The number of rotatable bonds is 6. The Bertz CT molecular complexity index is 780. The number of likely N-dealkylation sites (tertiary alicyclic amines) is 1. The summed E-state index contributed by atoms with van der Waals surface area (Å²) in [5.74, 6) is -0.0585. The van der Waals surface area contributed by atoms with Crippen LogP contribution < -0.4 is 0 Å². The summed E-state index contributed by atoms with van der Waals surface area (Å²) in [4.78, 5) is 21.0. The van der Waals surface area contributed by atoms with Gasteiger partial charge in [0.1, 0.15) is 0 Å². The molecule has 28 heavy (non-hydrogen) atoms. The summed E-state index contributed by atoms with van der Waals surface area (Å²) in [6, 6.07) is 3.31. The highest BCUT2D eigenvalue weighted by molar-refractivity contribution is 7.88. The Balaban J connectivity index is 1.67. The van der Waals surface area contributed by atoms with Crippen molar-refractivity contribution in [1.82, 2.24) is 19.1 Å². The number of morpholine rings is 1. The number of hydrogen-bond donors (Lipinski definition) is 0. The van der Waals surface area contributed by atoms with Crippen LogP contribution in [0.5, 0.6) is 0 Å². The first-order valence-corrected chi connectivity index (χ1v) is 11.7. The Morgan fingerprint density at radius 1 is 1.32 bits per heavy atom. The van der Waals surface area contributed by atoms with Gasteiger partial charge in [0.15, 0.2) is 0 Å². The number of ether oxygens (including phenoxy) is 1. The summed E-state index contributed by atoms with van der Waals surface area (Å²) in [5, 5.41) is 0. The fourth-order valence-corrected chi connectivity index (χ4v) is 5.05. The van der Waals surface area contributed by atoms with E-state index < -0.39 is 10.0 Å². The van der Waals surface area contributed by atoms with Crippen molar-refractivity contribution in [2.24, 2.45) is 0 Å². The van der Waals surface area contributed by atoms with E-state index in [4.69, 9.17) is 4.74 Å². The van der Waals surface area contributed by atoms with Gasteiger partial charge in [-0.3, -0.25) is 14.7 Å². The number of aromatic nitrogens is 1. The van der Waals surface area contributed by atoms with Crippen LogP contribution in [-0.4, -0.2) is 98.2 Å². The molecule has 1 unspecified atom stereocenters. The second-order valence-electron chi connectivity index (χ2n) is 7.56. The van der Waals surface area contributed by atoms with Gasteiger partial charge in [0, 0.05) is 62.8 Å². The third-order valence-corrected chi connectivity index (χ3v) is 6.73. The van der Waals surface area contributed by atoms with Gasteiger partial charge in [0.25, 0.3) is 5.91 Å². The van der Waals surface area contributed by atoms with Crippen LogP contribution in [0.3, 0.4) is 0 Å². The number of aryl methyl sites for hydroxylation is 1. The van der Waals surface area contributed by atoms with Crippen molar-refractivity contribution in [3.63, 3.8) is 0 Å². The summed E-state index contributed by atoms with van der Waals surface area (Å²) in [7, 11) is -3.36. The topological polar surface area (TPSA) is 83.1 Å². The molecule has 0 bridgehead atoms. The maximum absolute atomic E-state index is 12.9. The van der Waals surface area contributed by atoms with Crippen molar-refractivity contribution < 1.29 is 17.9 Å². The lowest BCUT2D eigenvalue weighted by Gasteiger charge is -2.39. The zero-order chi connectivity index (χ0) is 20.1. The molecule has 1 aromatic heterocycles. The molecule has 2 fully saturated rings. The first-order valence-electron chi connectivity index (χ1n) is 9.83. The Hall–Kier alpha value is -1.55. The summed E-state index contributed by atoms with van der Waals surface area (Å²) in [6.07, 6.45) is 4.47. The Labute approximate surface area is 167 Å². The molecule has 1 aromatic rings. The monoisotopic (exact) mass is 410 g/mol. The molecule has 9 heteroatoms. The molecule has 0 spiro atoms. The number of carbonyl (C=O) groups is 1. The quantitative estimate of drug-likeness (QED) is 0.683. The maximum atomic E-state index is 12.9. The van der Waals surface area contributed by atoms with Crippen molar-refractivity contribution in [3.8, 4) is 0 Å². The van der Waals surface area contributed by atoms with Crippen LogP contribution in [0.4, 0.5) is 0 Å². The average Bonchev–Trinajstić information content (AvgIpc) is 2.67. The first kappa shape index (κ1) is 21.2. The number of amides is 1. The maximum Gasteiger partial charge on any atom is 0.254 e. The second-order valence-corrected chi connectivity index (χ2v) is 9.50. The molecule has 0 aliphatic carbocycles. The zero-order valence-electron chi connectivity index (χ0n) is 16.7. The first-order chi connectivity index (χ1) is 13.3. The number of hydrogen-bond acceptors (Lipinski definition) is 6. The summed E-state index contributed by atoms with van der Waals surface area (Å²) < 4.78 is 31.9. The minimum atomic E-state index is -3.36. The average molecular weight is 411 g/mol. The van der Waals surface area contributed by atoms with Gasteiger partial charge in [0.05, 0.1) is 19.5 Å². The van der Waals surface area contributed by atoms with Crippen LogP contribution in [0.15, 0.2) is 18.3 Å². The predicted molar refractivity (Wildman–Crippen MR) is 107 cm³/mol. The SMILES string of the molecule is Cc1cc(C(=O)N2CCCC(N(CCN3CCOCC3)S(C)(=O)=O)C2)ccn1. The Morgan fingerprint density at radius 3 is 2.75 bits per heavy atom. The van der Waals surface area contributed by atoms with Gasteiger partial charge in [-0.25, -0.2) is 8.42 Å². The molecule has 2 saturated heterocycles. The van der Waals surface area contributed by atoms with Crippen LogP contribution in [0, 0.1) is 6.92 Å². The fraction of sp³-hybridized carbons (Fsp3) is 0.684. The van der Waals surface area contributed by atoms with Crippen molar-refractivity contribution >= 4 is 15.9 Å². The fourth-order valence-electron chi connectivity index (χ4n) is 3.92. The van der Waals surface area contributed by atoms with Crippen LogP contribution >= 0.6 is 0 Å². The van der Waals surface area contributed by atoms with Crippen LogP contribution in [0.25, 0.3) is 0 Å². The predicted octanol–water partition coefficient (Wildman–Crippen LogP) is 0.588. The number of piperidine rings is 1. The van der Waals surface area contributed by atoms with Crippen molar-refractivity contribution in [2.45, 2.75) is 25.8 Å². The standard InChI is InChI=1S/C19H30N4O4S/c1-16-14-17(5-6-20-16)19(24)22-7-3-4-18(15-22)23(28(2,25)26)9-8-21-10-12-27-13-11-21/h5-6,14,18H,3-4,7-13,15H2,1-2H3. The molecular formula is C19H30N4O4S. The molecule has 1 atom stereocenters. The summed E-state index contributed by atoms with van der Waals surface area (Å²) in [5.41, 5.74) is 1.40. The van der Waals surface area contributed by atoms with Crippen LogP contribution in [-0.2, 0) is 14.8 Å². The van der Waals surface area contributed by atoms with Gasteiger partial charge in [-0.05, 0) is 31.9 Å². The summed E-state index contributed by atoms with van der Waals surface area (Å²) >= 11 is 0. The van der Waals surface area contributed by atoms with E-state index in [9.17, 15) is 13.2 Å². The molecule has 3 rings (SSSR count). The van der Waals surface area contributed by atoms with Crippen molar-refractivity contribution in [3.05, 3.63) is 29.6 Å². The van der Waals surface area contributed by atoms with Crippen molar-refractivity contribution in [2.75, 3.05) is 58.7 Å². The lowest BCUT2D eigenvalue weighted by molar-refractivity contribution is 0.0334. The number of sulfonamides is 1. The van der Waals surface area contributed by atoms with Crippen LogP contribution in [0.1, 0.15) is 28.9 Å². The van der Waals surface area contributed by atoms with Gasteiger partial charge in [0.2, 0.25) is 10.0 Å². The smallest absolute Gasteiger partial charge is 0.254 e. The highest BCUT2D eigenvalue weighted by Gasteiger charge is 2.33. The highest BCUT2D eigenvalue weighted by atomic mass is 32.2. The molecule has 3 heterocycles. The minimum absolute atomic E-state index is 0.0585. The third-order valence-electron chi connectivity index (χ3n) is 5.40. The van der Waals surface area contributed by atoms with E-state index in [0.29, 0.717) is 45.0 Å². The highest BCUT2D eigenvalue weighted by Crippen LogP contribution is 2.20. The largest absolute Gasteiger partial charge is 0.379 e. The van der Waals surface area contributed by atoms with Gasteiger partial charge in [-0.1, -0.05) is 0 Å². The molecule has 156 valence electrons. The molecule has 0 radical (unpaired) electrons. The van der Waals surface area contributed by atoms with E-state index >= 15 is 0 Å². The van der Waals surface area contributed by atoms with Gasteiger partial charge < -0.3 is 9.64 Å².